The van der Waals surface area contributed by atoms with Crippen LogP contribution in [0.2, 0.25) is 0 Å². The van der Waals surface area contributed by atoms with E-state index in [4.69, 9.17) is 10.5 Å². The van der Waals surface area contributed by atoms with Crippen molar-refractivity contribution in [3.8, 4) is 0 Å². The number of primary amides is 1. The smallest absolute Gasteiger partial charge is 0.223 e. The van der Waals surface area contributed by atoms with Crippen molar-refractivity contribution in [2.75, 3.05) is 6.61 Å². The summed E-state index contributed by atoms with van der Waals surface area (Å²) in [5, 5.41) is 0. The molecule has 2 atom stereocenters. The second-order valence-corrected chi connectivity index (χ2v) is 7.59. The van der Waals surface area contributed by atoms with E-state index in [2.05, 4.69) is 6.92 Å². The zero-order valence-corrected chi connectivity index (χ0v) is 15.0. The quantitative estimate of drug-likeness (QED) is 0.369. The Bertz CT molecular complexity index is 311. The number of unbranched alkanes of at least 4 members (excludes halogenated alkanes) is 8. The van der Waals surface area contributed by atoms with E-state index in [1.807, 2.05) is 13.8 Å². The van der Waals surface area contributed by atoms with Crippen LogP contribution in [-0.2, 0) is 9.53 Å². The molecule has 22 heavy (non-hydrogen) atoms. The molecular weight excluding hydrogens is 274 g/mol. The molecule has 1 rings (SSSR count). The van der Waals surface area contributed by atoms with Gasteiger partial charge in [0, 0.05) is 5.41 Å². The maximum Gasteiger partial charge on any atom is 0.223 e. The summed E-state index contributed by atoms with van der Waals surface area (Å²) in [6, 6.07) is 0. The van der Waals surface area contributed by atoms with Gasteiger partial charge in [-0.25, -0.2) is 0 Å². The van der Waals surface area contributed by atoms with Crippen molar-refractivity contribution in [3.05, 3.63) is 0 Å². The summed E-state index contributed by atoms with van der Waals surface area (Å²) in [6.07, 6.45) is 14.5. The van der Waals surface area contributed by atoms with Gasteiger partial charge in [0.1, 0.15) is 0 Å². The van der Waals surface area contributed by atoms with Crippen molar-refractivity contribution in [2.45, 2.75) is 97.5 Å². The average molecular weight is 312 g/mol. The summed E-state index contributed by atoms with van der Waals surface area (Å²) >= 11 is 0. The lowest BCUT2D eigenvalue weighted by molar-refractivity contribution is -0.129. The Morgan fingerprint density at radius 3 is 2.05 bits per heavy atom. The molecule has 3 nitrogen and oxygen atoms in total. The minimum atomic E-state index is -0.411. The Morgan fingerprint density at radius 1 is 1.09 bits per heavy atom. The fraction of sp³-hybridized carbons (Fsp3) is 0.947. The van der Waals surface area contributed by atoms with Crippen LogP contribution in [0.15, 0.2) is 0 Å². The van der Waals surface area contributed by atoms with Crippen LogP contribution in [0.5, 0.6) is 0 Å². The molecule has 0 saturated carbocycles. The summed E-state index contributed by atoms with van der Waals surface area (Å²) in [5.74, 6) is 0.191. The van der Waals surface area contributed by atoms with Crippen LogP contribution < -0.4 is 5.73 Å². The Kier molecular flexibility index (Phi) is 9.08. The van der Waals surface area contributed by atoms with Crippen LogP contribution in [0.1, 0.15) is 91.4 Å². The van der Waals surface area contributed by atoms with E-state index >= 15 is 0 Å². The number of amides is 1. The van der Waals surface area contributed by atoms with Crippen molar-refractivity contribution in [1.82, 2.24) is 0 Å². The van der Waals surface area contributed by atoms with E-state index in [9.17, 15) is 4.79 Å². The van der Waals surface area contributed by atoms with Crippen LogP contribution in [0.3, 0.4) is 0 Å². The van der Waals surface area contributed by atoms with Gasteiger partial charge in [-0.1, -0.05) is 78.6 Å². The fourth-order valence-electron chi connectivity index (χ4n) is 3.20. The van der Waals surface area contributed by atoms with Gasteiger partial charge in [-0.15, -0.1) is 0 Å². The molecule has 3 heteroatoms. The van der Waals surface area contributed by atoms with Gasteiger partial charge in [-0.05, 0) is 18.8 Å². The third kappa shape index (κ3) is 7.62. The van der Waals surface area contributed by atoms with Gasteiger partial charge in [0.2, 0.25) is 5.91 Å². The average Bonchev–Trinajstić information content (AvgIpc) is 3.28. The predicted molar refractivity (Wildman–Crippen MR) is 92.7 cm³/mol. The highest BCUT2D eigenvalue weighted by atomic mass is 16.6. The van der Waals surface area contributed by atoms with Crippen molar-refractivity contribution in [2.24, 2.45) is 17.1 Å². The number of hydrogen-bond donors (Lipinski definition) is 1. The molecule has 0 aromatic rings. The van der Waals surface area contributed by atoms with E-state index in [1.165, 1.54) is 57.8 Å². The van der Waals surface area contributed by atoms with Gasteiger partial charge in [-0.3, -0.25) is 4.79 Å². The van der Waals surface area contributed by atoms with Crippen LogP contribution in [0, 0.1) is 11.3 Å². The summed E-state index contributed by atoms with van der Waals surface area (Å²) in [4.78, 5) is 11.7. The second-order valence-electron chi connectivity index (χ2n) is 7.59. The van der Waals surface area contributed by atoms with Gasteiger partial charge < -0.3 is 10.5 Å². The van der Waals surface area contributed by atoms with Crippen molar-refractivity contribution in [3.63, 3.8) is 0 Å². The summed E-state index contributed by atoms with van der Waals surface area (Å²) < 4.78 is 5.35. The van der Waals surface area contributed by atoms with Crippen molar-refractivity contribution in [1.29, 1.82) is 0 Å². The van der Waals surface area contributed by atoms with Crippen LogP contribution in [-0.4, -0.2) is 18.6 Å². The van der Waals surface area contributed by atoms with Gasteiger partial charge in [0.05, 0.1) is 12.7 Å². The van der Waals surface area contributed by atoms with E-state index in [-0.39, 0.29) is 5.91 Å². The van der Waals surface area contributed by atoms with Crippen LogP contribution >= 0.6 is 0 Å². The SMILES string of the molecule is CCCCCCCCCCCC(CC1CO1)C(C)(C)C(N)=O. The van der Waals surface area contributed by atoms with E-state index in [1.54, 1.807) is 0 Å². The summed E-state index contributed by atoms with van der Waals surface area (Å²) in [5.41, 5.74) is 5.19. The van der Waals surface area contributed by atoms with E-state index in [0.717, 1.165) is 19.4 Å². The lowest BCUT2D eigenvalue weighted by atomic mass is 9.73. The Hall–Kier alpha value is -0.570. The van der Waals surface area contributed by atoms with Crippen molar-refractivity contribution >= 4 is 5.91 Å². The number of ether oxygens (including phenoxy) is 1. The monoisotopic (exact) mass is 311 g/mol. The number of carbonyl (C=O) groups is 1. The molecule has 2 unspecified atom stereocenters. The van der Waals surface area contributed by atoms with Gasteiger partial charge >= 0.3 is 0 Å². The minimum Gasteiger partial charge on any atom is -0.373 e. The zero-order chi connectivity index (χ0) is 16.4. The molecule has 1 aliphatic rings. The number of hydrogen-bond acceptors (Lipinski definition) is 2. The highest BCUT2D eigenvalue weighted by Crippen LogP contribution is 2.37. The Balaban J connectivity index is 2.14. The molecular formula is C19H37NO2. The molecule has 130 valence electrons. The molecule has 1 aliphatic heterocycles. The largest absolute Gasteiger partial charge is 0.373 e. The third-order valence-electron chi connectivity index (χ3n) is 5.26. The van der Waals surface area contributed by atoms with Crippen LogP contribution in [0.25, 0.3) is 0 Å². The zero-order valence-electron chi connectivity index (χ0n) is 15.0. The summed E-state index contributed by atoms with van der Waals surface area (Å²) in [6.45, 7) is 7.12. The first-order valence-corrected chi connectivity index (χ1v) is 9.40. The first-order valence-electron chi connectivity index (χ1n) is 9.40. The van der Waals surface area contributed by atoms with Gasteiger partial charge in [-0.2, -0.15) is 0 Å². The fourth-order valence-corrected chi connectivity index (χ4v) is 3.20. The van der Waals surface area contributed by atoms with Gasteiger partial charge in [0.15, 0.2) is 0 Å². The molecule has 0 aromatic heterocycles. The third-order valence-corrected chi connectivity index (χ3v) is 5.26. The summed E-state index contributed by atoms with van der Waals surface area (Å²) in [7, 11) is 0. The lowest BCUT2D eigenvalue weighted by Crippen LogP contribution is -2.39. The Labute approximate surface area is 137 Å². The maximum atomic E-state index is 11.7. The normalized spacial score (nSPS) is 19.1. The molecule has 1 fully saturated rings. The first kappa shape index (κ1) is 19.5. The lowest BCUT2D eigenvalue weighted by Gasteiger charge is -2.31. The Morgan fingerprint density at radius 2 is 1.59 bits per heavy atom. The van der Waals surface area contributed by atoms with Crippen molar-refractivity contribution < 1.29 is 9.53 Å². The number of nitrogens with two attached hydrogens (primary N) is 1. The first-order chi connectivity index (χ1) is 10.5. The van der Waals surface area contributed by atoms with Crippen LogP contribution in [0.4, 0.5) is 0 Å². The highest BCUT2D eigenvalue weighted by molar-refractivity contribution is 5.80. The van der Waals surface area contributed by atoms with Gasteiger partial charge in [0.25, 0.3) is 0 Å². The molecule has 1 heterocycles. The number of carbonyl (C=O) groups excluding carboxylic acids is 1. The molecule has 0 radical (unpaired) electrons. The molecule has 0 bridgehead atoms. The van der Waals surface area contributed by atoms with E-state index in [0.29, 0.717) is 12.0 Å². The predicted octanol–water partition coefficient (Wildman–Crippen LogP) is 4.82. The molecule has 0 spiro atoms. The molecule has 0 aliphatic carbocycles. The minimum absolute atomic E-state index is 0.172. The number of rotatable bonds is 14. The number of epoxide rings is 1. The van der Waals surface area contributed by atoms with E-state index < -0.39 is 5.41 Å². The second kappa shape index (κ2) is 10.3. The molecule has 0 aromatic carbocycles. The topological polar surface area (TPSA) is 55.6 Å². The maximum absolute atomic E-state index is 11.7. The molecule has 1 saturated heterocycles. The standard InChI is InChI=1S/C19H37NO2/c1-4-5-6-7-8-9-10-11-12-13-16(14-17-15-22-17)19(2,3)18(20)21/h16-17H,4-15H2,1-3H3,(H2,20,21). The molecule has 2 N–H and O–H groups in total. The highest BCUT2D eigenvalue weighted by Gasteiger charge is 2.38. The molecule has 1 amide bonds.